The van der Waals surface area contributed by atoms with E-state index in [0.29, 0.717) is 13.2 Å². The minimum Gasteiger partial charge on any atom is -0.466 e. The van der Waals surface area contributed by atoms with Gasteiger partial charge in [0.2, 0.25) is 5.91 Å². The molecule has 5 heteroatoms. The molecule has 0 bridgehead atoms. The van der Waals surface area contributed by atoms with Crippen LogP contribution in [-0.4, -0.2) is 30.0 Å². The van der Waals surface area contributed by atoms with Crippen LogP contribution in [0.25, 0.3) is 0 Å². The van der Waals surface area contributed by atoms with Gasteiger partial charge in [0, 0.05) is 31.0 Å². The summed E-state index contributed by atoms with van der Waals surface area (Å²) in [7, 11) is 0. The van der Waals surface area contributed by atoms with Crippen LogP contribution in [0, 0.1) is 5.92 Å². The number of anilines is 1. The Morgan fingerprint density at radius 3 is 2.50 bits per heavy atom. The van der Waals surface area contributed by atoms with Gasteiger partial charge in [-0.25, -0.2) is 0 Å². The summed E-state index contributed by atoms with van der Waals surface area (Å²) in [6.07, 6.45) is 4.60. The van der Waals surface area contributed by atoms with Crippen LogP contribution in [-0.2, 0) is 20.7 Å². The number of carbonyl (C=O) groups is 2. The minimum absolute atomic E-state index is 0.0325. The zero-order valence-corrected chi connectivity index (χ0v) is 13.6. The van der Waals surface area contributed by atoms with Gasteiger partial charge in [-0.3, -0.25) is 14.6 Å². The second-order valence-corrected chi connectivity index (χ2v) is 5.86. The van der Waals surface area contributed by atoms with Crippen LogP contribution in [0.4, 0.5) is 5.69 Å². The molecule has 1 aliphatic rings. The zero-order valence-electron chi connectivity index (χ0n) is 13.6. The molecule has 124 valence electrons. The maximum atomic E-state index is 12.2. The number of nitrogens with zero attached hydrogens (tertiary/aromatic N) is 2. The lowest BCUT2D eigenvalue weighted by Crippen LogP contribution is -2.26. The fourth-order valence-electron chi connectivity index (χ4n) is 2.91. The summed E-state index contributed by atoms with van der Waals surface area (Å²) < 4.78 is 5.02. The molecule has 0 unspecified atom stereocenters. The number of rotatable bonds is 5. The molecular formula is C19H20N2O3. The first-order chi connectivity index (χ1) is 11.7. The van der Waals surface area contributed by atoms with E-state index in [9.17, 15) is 9.59 Å². The molecule has 1 amide bonds. The number of pyridine rings is 1. The highest BCUT2D eigenvalue weighted by molar-refractivity contribution is 5.99. The van der Waals surface area contributed by atoms with E-state index in [1.54, 1.807) is 24.2 Å². The Bertz CT molecular complexity index is 713. The largest absolute Gasteiger partial charge is 0.466 e. The third-order valence-electron chi connectivity index (χ3n) is 4.15. The van der Waals surface area contributed by atoms with Gasteiger partial charge in [-0.2, -0.15) is 0 Å². The number of aromatic nitrogens is 1. The van der Waals surface area contributed by atoms with Gasteiger partial charge < -0.3 is 9.64 Å². The average molecular weight is 324 g/mol. The summed E-state index contributed by atoms with van der Waals surface area (Å²) in [6.45, 7) is 2.50. The molecule has 3 rings (SSSR count). The smallest absolute Gasteiger partial charge is 0.311 e. The molecule has 1 atom stereocenters. The van der Waals surface area contributed by atoms with Crippen molar-refractivity contribution >= 4 is 17.6 Å². The Morgan fingerprint density at radius 2 is 1.83 bits per heavy atom. The lowest BCUT2D eigenvalue weighted by Gasteiger charge is -2.17. The Morgan fingerprint density at radius 1 is 1.17 bits per heavy atom. The molecule has 1 aromatic heterocycles. The van der Waals surface area contributed by atoms with Crippen molar-refractivity contribution in [2.45, 2.75) is 19.8 Å². The Hall–Kier alpha value is -2.69. The Balaban J connectivity index is 1.67. The number of carbonyl (C=O) groups excluding carboxylic acids is 2. The van der Waals surface area contributed by atoms with Crippen molar-refractivity contribution in [1.82, 2.24) is 4.98 Å². The maximum Gasteiger partial charge on any atom is 0.311 e. The van der Waals surface area contributed by atoms with Crippen LogP contribution in [0.15, 0.2) is 48.8 Å². The Kier molecular flexibility index (Phi) is 4.89. The second-order valence-electron chi connectivity index (χ2n) is 5.86. The zero-order chi connectivity index (χ0) is 16.9. The molecule has 2 heterocycles. The topological polar surface area (TPSA) is 59.5 Å². The molecule has 5 nitrogen and oxygen atoms in total. The fourth-order valence-corrected chi connectivity index (χ4v) is 2.91. The van der Waals surface area contributed by atoms with Crippen molar-refractivity contribution in [1.29, 1.82) is 0 Å². The molecule has 24 heavy (non-hydrogen) atoms. The second kappa shape index (κ2) is 7.25. The predicted molar refractivity (Wildman–Crippen MR) is 90.6 cm³/mol. The van der Waals surface area contributed by atoms with Gasteiger partial charge in [0.05, 0.1) is 12.5 Å². The fraction of sp³-hybridized carbons (Fsp3) is 0.316. The molecule has 1 fully saturated rings. The summed E-state index contributed by atoms with van der Waals surface area (Å²) in [6, 6.07) is 11.9. The SMILES string of the molecule is CCOC(=O)[C@@H]1CC(=O)N(c2ccc(Cc3ccncc3)cc2)C1. The quantitative estimate of drug-likeness (QED) is 0.793. The third-order valence-corrected chi connectivity index (χ3v) is 4.15. The van der Waals surface area contributed by atoms with E-state index in [-0.39, 0.29) is 24.2 Å². The van der Waals surface area contributed by atoms with E-state index in [2.05, 4.69) is 4.98 Å². The van der Waals surface area contributed by atoms with E-state index in [1.165, 1.54) is 11.1 Å². The molecule has 0 N–H and O–H groups in total. The number of amides is 1. The predicted octanol–water partition coefficient (Wildman–Crippen LogP) is 2.59. The summed E-state index contributed by atoms with van der Waals surface area (Å²) in [5.41, 5.74) is 3.18. The van der Waals surface area contributed by atoms with E-state index in [0.717, 1.165) is 12.1 Å². The van der Waals surface area contributed by atoms with Crippen molar-refractivity contribution in [2.24, 2.45) is 5.92 Å². The maximum absolute atomic E-state index is 12.2. The van der Waals surface area contributed by atoms with E-state index in [4.69, 9.17) is 4.74 Å². The molecule has 0 radical (unpaired) electrons. The molecular weight excluding hydrogens is 304 g/mol. The molecule has 0 saturated carbocycles. The molecule has 1 saturated heterocycles. The van der Waals surface area contributed by atoms with Gasteiger partial charge in [0.15, 0.2) is 0 Å². The highest BCUT2D eigenvalue weighted by Gasteiger charge is 2.35. The number of ether oxygens (including phenoxy) is 1. The summed E-state index contributed by atoms with van der Waals surface area (Å²) >= 11 is 0. The van der Waals surface area contributed by atoms with Crippen molar-refractivity contribution < 1.29 is 14.3 Å². The average Bonchev–Trinajstić information content (AvgIpc) is 2.99. The van der Waals surface area contributed by atoms with Gasteiger partial charge in [-0.15, -0.1) is 0 Å². The highest BCUT2D eigenvalue weighted by Crippen LogP contribution is 2.26. The number of hydrogen-bond donors (Lipinski definition) is 0. The first-order valence-electron chi connectivity index (χ1n) is 8.12. The first kappa shape index (κ1) is 16.2. The summed E-state index contributed by atoms with van der Waals surface area (Å²) in [5, 5.41) is 0. The molecule has 2 aromatic rings. The van der Waals surface area contributed by atoms with Gasteiger partial charge in [-0.05, 0) is 48.7 Å². The van der Waals surface area contributed by atoms with Crippen molar-refractivity contribution in [3.8, 4) is 0 Å². The lowest BCUT2D eigenvalue weighted by atomic mass is 10.1. The molecule has 0 spiro atoms. The minimum atomic E-state index is -0.367. The first-order valence-corrected chi connectivity index (χ1v) is 8.12. The van der Waals surface area contributed by atoms with E-state index < -0.39 is 0 Å². The Labute approximate surface area is 141 Å². The standard InChI is InChI=1S/C19H20N2O3/c1-2-24-19(23)16-12-18(22)21(13-16)17-5-3-14(4-6-17)11-15-7-9-20-10-8-15/h3-10,16H,2,11-13H2,1H3/t16-/m1/s1. The van der Waals surface area contributed by atoms with Crippen molar-refractivity contribution in [2.75, 3.05) is 18.1 Å². The number of esters is 1. The van der Waals surface area contributed by atoms with Crippen LogP contribution in [0.3, 0.4) is 0 Å². The number of benzene rings is 1. The summed E-state index contributed by atoms with van der Waals surface area (Å²) in [4.78, 5) is 29.7. The van der Waals surface area contributed by atoms with Crippen LogP contribution in [0.5, 0.6) is 0 Å². The van der Waals surface area contributed by atoms with E-state index >= 15 is 0 Å². The van der Waals surface area contributed by atoms with Crippen LogP contribution in [0.2, 0.25) is 0 Å². The van der Waals surface area contributed by atoms with Gasteiger partial charge in [0.1, 0.15) is 0 Å². The van der Waals surface area contributed by atoms with Crippen molar-refractivity contribution in [3.63, 3.8) is 0 Å². The number of hydrogen-bond acceptors (Lipinski definition) is 4. The van der Waals surface area contributed by atoms with Gasteiger partial charge in [0.25, 0.3) is 0 Å². The molecule has 0 aliphatic carbocycles. The summed E-state index contributed by atoms with van der Waals surface area (Å²) in [5.74, 6) is -0.688. The van der Waals surface area contributed by atoms with Crippen LogP contribution >= 0.6 is 0 Å². The lowest BCUT2D eigenvalue weighted by molar-refractivity contribution is -0.147. The monoisotopic (exact) mass is 324 g/mol. The van der Waals surface area contributed by atoms with Gasteiger partial charge >= 0.3 is 5.97 Å². The molecule has 1 aliphatic heterocycles. The highest BCUT2D eigenvalue weighted by atomic mass is 16.5. The third kappa shape index (κ3) is 3.62. The normalized spacial score (nSPS) is 17.1. The van der Waals surface area contributed by atoms with Crippen molar-refractivity contribution in [3.05, 3.63) is 59.9 Å². The van der Waals surface area contributed by atoms with Crippen LogP contribution in [0.1, 0.15) is 24.5 Å². The van der Waals surface area contributed by atoms with Gasteiger partial charge in [-0.1, -0.05) is 12.1 Å². The van der Waals surface area contributed by atoms with E-state index in [1.807, 2.05) is 36.4 Å². The van der Waals surface area contributed by atoms with Crippen LogP contribution < -0.4 is 4.90 Å². The molecule has 1 aromatic carbocycles.